The van der Waals surface area contributed by atoms with Gasteiger partial charge in [0.05, 0.1) is 17.0 Å². The van der Waals surface area contributed by atoms with Crippen molar-refractivity contribution in [3.63, 3.8) is 0 Å². The van der Waals surface area contributed by atoms with E-state index in [0.717, 1.165) is 9.77 Å². The fraction of sp³-hybridized carbons (Fsp3) is 0.130. The number of thioether (sulfide) groups is 1. The normalized spacial score (nSPS) is 10.8. The average Bonchev–Trinajstić information content (AvgIpc) is 3.18. The number of anilines is 1. The zero-order valence-corrected chi connectivity index (χ0v) is 18.7. The number of nitrogens with one attached hydrogen (secondary N) is 1. The second-order valence-corrected chi connectivity index (χ2v) is 9.15. The molecule has 9 heteroatoms. The minimum Gasteiger partial charge on any atom is -0.456 e. The van der Waals surface area contributed by atoms with Crippen molar-refractivity contribution >= 4 is 45.6 Å². The molecular formula is C23H19N3O4S2. The summed E-state index contributed by atoms with van der Waals surface area (Å²) in [6.45, 7) is 1.80. The maximum absolute atomic E-state index is 12.3. The topological polar surface area (TPSA) is 89.8 Å². The number of carbonyl (C=O) groups excluding carboxylic acids is 2. The van der Waals surface area contributed by atoms with Crippen LogP contribution in [0.3, 0.4) is 0 Å². The number of aryl methyl sites for hydroxylation is 1. The standard InChI is InChI=1S/C23H19N3O4S2/c1-15-12-26-21(28)11-18(25-23(26)32-15)13-30-22(29)16-7-9-17(10-8-16)24-20(27)14-31-19-5-3-2-4-6-19/h2-12H,13-14H2,1H3,(H,24,27). The molecule has 0 atom stereocenters. The molecule has 2 aromatic carbocycles. The van der Waals surface area contributed by atoms with Crippen LogP contribution in [0.4, 0.5) is 5.69 Å². The summed E-state index contributed by atoms with van der Waals surface area (Å²) >= 11 is 2.84. The molecule has 0 saturated heterocycles. The largest absolute Gasteiger partial charge is 0.456 e. The van der Waals surface area contributed by atoms with E-state index in [-0.39, 0.29) is 23.8 Å². The number of ether oxygens (including phenoxy) is 1. The predicted octanol–water partition coefficient (Wildman–Crippen LogP) is 4.15. The first-order chi connectivity index (χ1) is 15.5. The molecule has 4 aromatic rings. The number of amides is 1. The number of hydrogen-bond acceptors (Lipinski definition) is 7. The predicted molar refractivity (Wildman–Crippen MR) is 125 cm³/mol. The van der Waals surface area contributed by atoms with Crippen LogP contribution >= 0.6 is 23.1 Å². The molecule has 2 aromatic heterocycles. The molecule has 0 unspecified atom stereocenters. The van der Waals surface area contributed by atoms with Gasteiger partial charge in [0.2, 0.25) is 5.91 Å². The van der Waals surface area contributed by atoms with Gasteiger partial charge in [0.25, 0.3) is 5.56 Å². The first-order valence-corrected chi connectivity index (χ1v) is 11.5. The Morgan fingerprint density at radius 3 is 2.62 bits per heavy atom. The summed E-state index contributed by atoms with van der Waals surface area (Å²) in [7, 11) is 0. The lowest BCUT2D eigenvalue weighted by Crippen LogP contribution is -2.15. The fourth-order valence-corrected chi connectivity index (χ4v) is 4.48. The average molecular weight is 466 g/mol. The smallest absolute Gasteiger partial charge is 0.338 e. The van der Waals surface area contributed by atoms with Gasteiger partial charge in [0.1, 0.15) is 6.61 Å². The molecule has 7 nitrogen and oxygen atoms in total. The van der Waals surface area contributed by atoms with Gasteiger partial charge in [-0.3, -0.25) is 14.0 Å². The minimum atomic E-state index is -0.535. The lowest BCUT2D eigenvalue weighted by atomic mass is 10.2. The maximum atomic E-state index is 12.3. The van der Waals surface area contributed by atoms with Crippen molar-refractivity contribution in [2.45, 2.75) is 18.4 Å². The van der Waals surface area contributed by atoms with Crippen LogP contribution in [0.2, 0.25) is 0 Å². The molecule has 162 valence electrons. The number of hydrogen-bond donors (Lipinski definition) is 1. The van der Waals surface area contributed by atoms with Crippen LogP contribution in [0.15, 0.2) is 76.6 Å². The Kier molecular flexibility index (Phi) is 6.67. The number of esters is 1. The second-order valence-electron chi connectivity index (χ2n) is 6.88. The van der Waals surface area contributed by atoms with Crippen molar-refractivity contribution in [2.24, 2.45) is 0 Å². The Hall–Kier alpha value is -3.43. The van der Waals surface area contributed by atoms with E-state index in [4.69, 9.17) is 4.74 Å². The van der Waals surface area contributed by atoms with E-state index < -0.39 is 5.97 Å². The third-order valence-electron chi connectivity index (χ3n) is 4.40. The Morgan fingerprint density at radius 2 is 1.88 bits per heavy atom. The van der Waals surface area contributed by atoms with Gasteiger partial charge in [-0.1, -0.05) is 18.2 Å². The van der Waals surface area contributed by atoms with Crippen LogP contribution in [0.5, 0.6) is 0 Å². The highest BCUT2D eigenvalue weighted by atomic mass is 32.2. The summed E-state index contributed by atoms with van der Waals surface area (Å²) in [5, 5.41) is 2.80. The number of rotatable bonds is 7. The van der Waals surface area contributed by atoms with Crippen molar-refractivity contribution in [1.82, 2.24) is 9.38 Å². The monoisotopic (exact) mass is 465 g/mol. The van der Waals surface area contributed by atoms with Gasteiger partial charge in [-0.15, -0.1) is 23.1 Å². The zero-order valence-electron chi connectivity index (χ0n) is 17.1. The summed E-state index contributed by atoms with van der Waals surface area (Å²) in [5.74, 6) is -0.382. The van der Waals surface area contributed by atoms with Crippen molar-refractivity contribution in [3.05, 3.63) is 93.3 Å². The van der Waals surface area contributed by atoms with Crippen molar-refractivity contribution in [3.8, 4) is 0 Å². The third-order valence-corrected chi connectivity index (χ3v) is 6.31. The lowest BCUT2D eigenvalue weighted by molar-refractivity contribution is -0.113. The van der Waals surface area contributed by atoms with E-state index in [9.17, 15) is 14.4 Å². The molecule has 0 fully saturated rings. The van der Waals surface area contributed by atoms with Crippen LogP contribution in [-0.4, -0.2) is 27.0 Å². The molecule has 0 radical (unpaired) electrons. The number of benzene rings is 2. The molecule has 1 amide bonds. The maximum Gasteiger partial charge on any atom is 0.338 e. The van der Waals surface area contributed by atoms with Crippen molar-refractivity contribution in [2.75, 3.05) is 11.1 Å². The molecule has 0 aliphatic heterocycles. The van der Waals surface area contributed by atoms with E-state index in [0.29, 0.717) is 21.9 Å². The molecule has 32 heavy (non-hydrogen) atoms. The molecule has 2 heterocycles. The molecule has 0 aliphatic rings. The summed E-state index contributed by atoms with van der Waals surface area (Å²) in [6, 6.07) is 17.5. The van der Waals surface area contributed by atoms with E-state index >= 15 is 0 Å². The van der Waals surface area contributed by atoms with Crippen LogP contribution < -0.4 is 10.9 Å². The minimum absolute atomic E-state index is 0.100. The Balaban J connectivity index is 1.31. The van der Waals surface area contributed by atoms with Crippen LogP contribution in [-0.2, 0) is 16.1 Å². The highest BCUT2D eigenvalue weighted by Crippen LogP contribution is 2.18. The van der Waals surface area contributed by atoms with Crippen LogP contribution in [0.25, 0.3) is 4.96 Å². The van der Waals surface area contributed by atoms with E-state index in [2.05, 4.69) is 10.3 Å². The third kappa shape index (κ3) is 5.43. The van der Waals surface area contributed by atoms with Crippen molar-refractivity contribution < 1.29 is 14.3 Å². The summed E-state index contributed by atoms with van der Waals surface area (Å²) in [6.07, 6.45) is 1.73. The van der Waals surface area contributed by atoms with Crippen LogP contribution in [0.1, 0.15) is 20.9 Å². The molecule has 4 rings (SSSR count). The molecule has 0 aliphatic carbocycles. The number of nitrogens with zero attached hydrogens (tertiary/aromatic N) is 2. The molecule has 0 bridgehead atoms. The van der Waals surface area contributed by atoms with Gasteiger partial charge in [-0.25, -0.2) is 9.78 Å². The Bertz CT molecular complexity index is 1310. The molecule has 0 spiro atoms. The number of thiazole rings is 1. The zero-order chi connectivity index (χ0) is 22.5. The number of carbonyl (C=O) groups is 2. The summed E-state index contributed by atoms with van der Waals surface area (Å²) in [5.41, 5.74) is 1.11. The lowest BCUT2D eigenvalue weighted by Gasteiger charge is -2.07. The van der Waals surface area contributed by atoms with Crippen LogP contribution in [0, 0.1) is 6.92 Å². The Labute approximate surface area is 192 Å². The van der Waals surface area contributed by atoms with E-state index in [1.54, 1.807) is 30.5 Å². The SMILES string of the molecule is Cc1cn2c(=O)cc(COC(=O)c3ccc(NC(=O)CSc4ccccc4)cc3)nc2s1. The second kappa shape index (κ2) is 9.80. The highest BCUT2D eigenvalue weighted by molar-refractivity contribution is 8.00. The highest BCUT2D eigenvalue weighted by Gasteiger charge is 2.11. The van der Waals surface area contributed by atoms with E-state index in [1.165, 1.54) is 33.6 Å². The number of aromatic nitrogens is 2. The fourth-order valence-electron chi connectivity index (χ4n) is 2.91. The van der Waals surface area contributed by atoms with Crippen molar-refractivity contribution in [1.29, 1.82) is 0 Å². The first-order valence-electron chi connectivity index (χ1n) is 9.71. The molecule has 1 N–H and O–H groups in total. The summed E-state index contributed by atoms with van der Waals surface area (Å²) < 4.78 is 6.77. The van der Waals surface area contributed by atoms with Gasteiger partial charge >= 0.3 is 5.97 Å². The Morgan fingerprint density at radius 1 is 1.12 bits per heavy atom. The molecule has 0 saturated carbocycles. The molecular weight excluding hydrogens is 446 g/mol. The number of fused-ring (bicyclic) bond motifs is 1. The van der Waals surface area contributed by atoms with Gasteiger partial charge in [0, 0.05) is 27.7 Å². The van der Waals surface area contributed by atoms with Gasteiger partial charge in [-0.2, -0.15) is 0 Å². The summed E-state index contributed by atoms with van der Waals surface area (Å²) in [4.78, 5) is 43.5. The first kappa shape index (κ1) is 21.8. The quantitative estimate of drug-likeness (QED) is 0.326. The van der Waals surface area contributed by atoms with Gasteiger partial charge < -0.3 is 10.1 Å². The van der Waals surface area contributed by atoms with Gasteiger partial charge in [0.15, 0.2) is 4.96 Å². The van der Waals surface area contributed by atoms with E-state index in [1.807, 2.05) is 37.3 Å². The van der Waals surface area contributed by atoms with Gasteiger partial charge in [-0.05, 0) is 43.3 Å².